The van der Waals surface area contributed by atoms with E-state index in [1.165, 1.54) is 0 Å². The van der Waals surface area contributed by atoms with E-state index < -0.39 is 28.9 Å². The van der Waals surface area contributed by atoms with E-state index in [2.05, 4.69) is 0 Å². The number of rotatable bonds is 8. The molecule has 0 bridgehead atoms. The summed E-state index contributed by atoms with van der Waals surface area (Å²) < 4.78 is 15.4. The molecular formula is C17H30O6. The third kappa shape index (κ3) is 7.01. The Morgan fingerprint density at radius 1 is 0.913 bits per heavy atom. The Labute approximate surface area is 138 Å². The van der Waals surface area contributed by atoms with Crippen LogP contribution in [0.15, 0.2) is 0 Å². The van der Waals surface area contributed by atoms with Crippen molar-refractivity contribution in [2.75, 3.05) is 13.2 Å². The number of esters is 3. The second-order valence-corrected chi connectivity index (χ2v) is 6.88. The smallest absolute Gasteiger partial charge is 0.324 e. The molecule has 6 nitrogen and oxygen atoms in total. The first kappa shape index (κ1) is 21.4. The molecule has 23 heavy (non-hydrogen) atoms. The van der Waals surface area contributed by atoms with Crippen molar-refractivity contribution in [2.45, 2.75) is 66.9 Å². The summed E-state index contributed by atoms with van der Waals surface area (Å²) >= 11 is 0. The predicted octanol–water partition coefficient (Wildman–Crippen LogP) is 2.88. The normalized spacial score (nSPS) is 14.1. The van der Waals surface area contributed by atoms with Crippen LogP contribution in [-0.2, 0) is 28.6 Å². The summed E-state index contributed by atoms with van der Waals surface area (Å²) in [5.74, 6) is -2.12. The second kappa shape index (κ2) is 8.89. The van der Waals surface area contributed by atoms with Gasteiger partial charge in [0.2, 0.25) is 0 Å². The van der Waals surface area contributed by atoms with Crippen molar-refractivity contribution in [3.63, 3.8) is 0 Å². The molecule has 0 rings (SSSR count). The third-order valence-corrected chi connectivity index (χ3v) is 2.96. The second-order valence-electron chi connectivity index (χ2n) is 6.88. The average Bonchev–Trinajstić information content (AvgIpc) is 2.35. The van der Waals surface area contributed by atoms with Gasteiger partial charge in [-0.1, -0.05) is 13.8 Å². The van der Waals surface area contributed by atoms with Gasteiger partial charge in [0, 0.05) is 0 Å². The molecule has 0 spiro atoms. The maximum Gasteiger partial charge on any atom is 0.324 e. The molecular weight excluding hydrogens is 300 g/mol. The number of hydrogen-bond acceptors (Lipinski definition) is 6. The fourth-order valence-corrected chi connectivity index (χ4v) is 2.27. The van der Waals surface area contributed by atoms with Crippen LogP contribution in [0, 0.1) is 11.3 Å². The minimum atomic E-state index is -1.68. The summed E-state index contributed by atoms with van der Waals surface area (Å²) in [7, 11) is 0. The van der Waals surface area contributed by atoms with E-state index in [1.54, 1.807) is 34.6 Å². The number of carbonyl (C=O) groups is 3. The summed E-state index contributed by atoms with van der Waals surface area (Å²) in [6.45, 7) is 12.5. The maximum atomic E-state index is 12.7. The highest BCUT2D eigenvalue weighted by Gasteiger charge is 2.52. The summed E-state index contributed by atoms with van der Waals surface area (Å²) in [6.07, 6.45) is -0.230. The molecule has 0 amide bonds. The van der Waals surface area contributed by atoms with Crippen LogP contribution in [0.5, 0.6) is 0 Å². The molecule has 0 saturated carbocycles. The van der Waals surface area contributed by atoms with Crippen molar-refractivity contribution in [1.82, 2.24) is 0 Å². The molecule has 134 valence electrons. The molecule has 0 N–H and O–H groups in total. The molecule has 0 radical (unpaired) electrons. The average molecular weight is 330 g/mol. The minimum Gasteiger partial charge on any atom is -0.466 e. The van der Waals surface area contributed by atoms with Gasteiger partial charge in [0.25, 0.3) is 0 Å². The van der Waals surface area contributed by atoms with Gasteiger partial charge in [-0.2, -0.15) is 0 Å². The standard InChI is InChI=1S/C17H30O6/c1-8-21-13(18)11-17(10-12(3)4,14(19)22-9-2)15(20)23-16(5,6)7/h12H,8-11H2,1-7H3. The van der Waals surface area contributed by atoms with Crippen LogP contribution in [0.1, 0.15) is 61.3 Å². The quantitative estimate of drug-likeness (QED) is 0.387. The lowest BCUT2D eigenvalue weighted by Crippen LogP contribution is -2.47. The summed E-state index contributed by atoms with van der Waals surface area (Å²) in [6, 6.07) is 0. The number of carbonyl (C=O) groups excluding carboxylic acids is 3. The van der Waals surface area contributed by atoms with Crippen LogP contribution in [0.25, 0.3) is 0 Å². The molecule has 0 aliphatic heterocycles. The van der Waals surface area contributed by atoms with E-state index in [0.29, 0.717) is 0 Å². The van der Waals surface area contributed by atoms with E-state index in [0.717, 1.165) is 0 Å². The van der Waals surface area contributed by atoms with Gasteiger partial charge in [0.1, 0.15) is 5.60 Å². The van der Waals surface area contributed by atoms with Crippen LogP contribution < -0.4 is 0 Å². The van der Waals surface area contributed by atoms with E-state index in [4.69, 9.17) is 14.2 Å². The van der Waals surface area contributed by atoms with Crippen LogP contribution in [-0.4, -0.2) is 36.7 Å². The highest BCUT2D eigenvalue weighted by Crippen LogP contribution is 2.36. The largest absolute Gasteiger partial charge is 0.466 e. The van der Waals surface area contributed by atoms with E-state index >= 15 is 0 Å². The van der Waals surface area contributed by atoms with Crippen molar-refractivity contribution < 1.29 is 28.6 Å². The fraction of sp³-hybridized carbons (Fsp3) is 0.824. The topological polar surface area (TPSA) is 78.9 Å². The summed E-state index contributed by atoms with van der Waals surface area (Å²) in [5.41, 5.74) is -2.45. The molecule has 0 aliphatic carbocycles. The van der Waals surface area contributed by atoms with Crippen LogP contribution in [0.4, 0.5) is 0 Å². The molecule has 1 atom stereocenters. The van der Waals surface area contributed by atoms with Crippen LogP contribution in [0.2, 0.25) is 0 Å². The van der Waals surface area contributed by atoms with Gasteiger partial charge >= 0.3 is 17.9 Å². The lowest BCUT2D eigenvalue weighted by atomic mass is 9.77. The van der Waals surface area contributed by atoms with Gasteiger partial charge in [-0.15, -0.1) is 0 Å². The van der Waals surface area contributed by atoms with Gasteiger partial charge in [-0.3, -0.25) is 14.4 Å². The highest BCUT2D eigenvalue weighted by molar-refractivity contribution is 6.03. The zero-order chi connectivity index (χ0) is 18.3. The van der Waals surface area contributed by atoms with Crippen LogP contribution in [0.3, 0.4) is 0 Å². The molecule has 0 aromatic heterocycles. The van der Waals surface area contributed by atoms with Gasteiger partial charge in [-0.25, -0.2) is 0 Å². The zero-order valence-corrected chi connectivity index (χ0v) is 15.4. The Kier molecular flexibility index (Phi) is 8.28. The summed E-state index contributed by atoms with van der Waals surface area (Å²) in [4.78, 5) is 37.3. The van der Waals surface area contributed by atoms with Crippen molar-refractivity contribution >= 4 is 17.9 Å². The van der Waals surface area contributed by atoms with E-state index in [-0.39, 0.29) is 32.0 Å². The Morgan fingerprint density at radius 3 is 1.83 bits per heavy atom. The van der Waals surface area contributed by atoms with E-state index in [1.807, 2.05) is 13.8 Å². The monoisotopic (exact) mass is 330 g/mol. The Hall–Kier alpha value is -1.59. The molecule has 0 aromatic carbocycles. The first-order chi connectivity index (χ1) is 10.5. The molecule has 0 aromatic rings. The predicted molar refractivity (Wildman–Crippen MR) is 85.6 cm³/mol. The number of ether oxygens (including phenoxy) is 3. The summed E-state index contributed by atoms with van der Waals surface area (Å²) in [5, 5.41) is 0. The lowest BCUT2D eigenvalue weighted by molar-refractivity contribution is -0.185. The van der Waals surface area contributed by atoms with Crippen LogP contribution >= 0.6 is 0 Å². The SMILES string of the molecule is CCOC(=O)CC(CC(C)C)(C(=O)OCC)C(=O)OC(C)(C)C. The van der Waals surface area contributed by atoms with Crippen molar-refractivity contribution in [1.29, 1.82) is 0 Å². The van der Waals surface area contributed by atoms with Gasteiger partial charge < -0.3 is 14.2 Å². The van der Waals surface area contributed by atoms with Crippen molar-refractivity contribution in [3.05, 3.63) is 0 Å². The molecule has 1 unspecified atom stereocenters. The first-order valence-corrected chi connectivity index (χ1v) is 8.04. The van der Waals surface area contributed by atoms with Crippen molar-refractivity contribution in [3.8, 4) is 0 Å². The Morgan fingerprint density at radius 2 is 1.43 bits per heavy atom. The van der Waals surface area contributed by atoms with Gasteiger partial charge in [0.05, 0.1) is 19.6 Å². The first-order valence-electron chi connectivity index (χ1n) is 8.04. The zero-order valence-electron chi connectivity index (χ0n) is 15.4. The maximum absolute atomic E-state index is 12.7. The molecule has 0 fully saturated rings. The van der Waals surface area contributed by atoms with Gasteiger partial charge in [0.15, 0.2) is 5.41 Å². The molecule has 0 aliphatic rings. The fourth-order valence-electron chi connectivity index (χ4n) is 2.27. The lowest BCUT2D eigenvalue weighted by Gasteiger charge is -2.33. The Bertz CT molecular complexity index is 421. The molecule has 0 heterocycles. The van der Waals surface area contributed by atoms with Crippen molar-refractivity contribution in [2.24, 2.45) is 11.3 Å². The highest BCUT2D eigenvalue weighted by atomic mass is 16.6. The third-order valence-electron chi connectivity index (χ3n) is 2.96. The molecule has 6 heteroatoms. The number of hydrogen-bond donors (Lipinski definition) is 0. The Balaban J connectivity index is 5.76. The van der Waals surface area contributed by atoms with E-state index in [9.17, 15) is 14.4 Å². The van der Waals surface area contributed by atoms with Gasteiger partial charge in [-0.05, 0) is 47.0 Å². The molecule has 0 saturated heterocycles. The minimum absolute atomic E-state index is 0.0126.